The Labute approximate surface area is 109 Å². The van der Waals surface area contributed by atoms with Gasteiger partial charge in [-0.3, -0.25) is 9.59 Å². The van der Waals surface area contributed by atoms with Crippen LogP contribution in [0, 0.1) is 5.41 Å². The normalized spacial score (nSPS) is 22.5. The van der Waals surface area contributed by atoms with Gasteiger partial charge in [-0.2, -0.15) is 0 Å². The lowest BCUT2D eigenvalue weighted by molar-refractivity contribution is -0.147. The zero-order valence-electron chi connectivity index (χ0n) is 10.5. The van der Waals surface area contributed by atoms with Gasteiger partial charge < -0.3 is 20.2 Å². The molecule has 1 aromatic carbocycles. The standard InChI is InChI=1S/C13H15NO5/c1-13(12(18)19)4-5-14(7-13)11(17)8-2-3-9(15)10(16)6-8/h2-3,6,15-16H,4-5,7H2,1H3,(H,18,19). The first-order valence-electron chi connectivity index (χ1n) is 5.88. The molecule has 19 heavy (non-hydrogen) atoms. The van der Waals surface area contributed by atoms with E-state index in [9.17, 15) is 19.8 Å². The summed E-state index contributed by atoms with van der Waals surface area (Å²) in [5.74, 6) is -1.93. The van der Waals surface area contributed by atoms with Gasteiger partial charge in [-0.25, -0.2) is 0 Å². The lowest BCUT2D eigenvalue weighted by Gasteiger charge is -2.20. The van der Waals surface area contributed by atoms with Gasteiger partial charge in [-0.05, 0) is 31.5 Å². The van der Waals surface area contributed by atoms with Crippen LogP contribution in [0.3, 0.4) is 0 Å². The molecule has 0 aliphatic carbocycles. The summed E-state index contributed by atoms with van der Waals surface area (Å²) in [7, 11) is 0. The summed E-state index contributed by atoms with van der Waals surface area (Å²) in [6.07, 6.45) is 0.401. The van der Waals surface area contributed by atoms with Crippen molar-refractivity contribution in [1.82, 2.24) is 4.90 Å². The molecule has 102 valence electrons. The Hall–Kier alpha value is -2.24. The summed E-state index contributed by atoms with van der Waals surface area (Å²) in [6, 6.07) is 3.80. The van der Waals surface area contributed by atoms with E-state index < -0.39 is 11.4 Å². The van der Waals surface area contributed by atoms with Gasteiger partial charge in [0, 0.05) is 18.7 Å². The average molecular weight is 265 g/mol. The molecule has 1 aliphatic rings. The number of benzene rings is 1. The number of aliphatic carboxylic acids is 1. The van der Waals surface area contributed by atoms with Crippen molar-refractivity contribution in [1.29, 1.82) is 0 Å². The maximum Gasteiger partial charge on any atom is 0.311 e. The molecule has 1 aromatic rings. The molecule has 6 nitrogen and oxygen atoms in total. The molecule has 1 fully saturated rings. The van der Waals surface area contributed by atoms with Gasteiger partial charge >= 0.3 is 5.97 Å². The highest BCUT2D eigenvalue weighted by molar-refractivity contribution is 5.95. The highest BCUT2D eigenvalue weighted by atomic mass is 16.4. The van der Waals surface area contributed by atoms with Gasteiger partial charge in [0.1, 0.15) is 0 Å². The quantitative estimate of drug-likeness (QED) is 0.694. The first-order chi connectivity index (χ1) is 8.83. The maximum atomic E-state index is 12.2. The molecular formula is C13H15NO5. The number of rotatable bonds is 2. The lowest BCUT2D eigenvalue weighted by Crippen LogP contribution is -2.34. The Morgan fingerprint density at radius 3 is 2.47 bits per heavy atom. The van der Waals surface area contributed by atoms with E-state index in [1.807, 2.05) is 0 Å². The van der Waals surface area contributed by atoms with E-state index in [2.05, 4.69) is 0 Å². The van der Waals surface area contributed by atoms with E-state index in [1.165, 1.54) is 23.1 Å². The molecule has 2 rings (SSSR count). The molecule has 1 saturated heterocycles. The minimum atomic E-state index is -0.922. The van der Waals surface area contributed by atoms with Crippen molar-refractivity contribution in [2.24, 2.45) is 5.41 Å². The maximum absolute atomic E-state index is 12.2. The van der Waals surface area contributed by atoms with Crippen LogP contribution in [-0.4, -0.2) is 45.2 Å². The van der Waals surface area contributed by atoms with Crippen molar-refractivity contribution in [3.05, 3.63) is 23.8 Å². The topological polar surface area (TPSA) is 98.1 Å². The van der Waals surface area contributed by atoms with Crippen LogP contribution in [0.5, 0.6) is 11.5 Å². The molecule has 0 aromatic heterocycles. The van der Waals surface area contributed by atoms with Crippen LogP contribution >= 0.6 is 0 Å². The fraction of sp³-hybridized carbons (Fsp3) is 0.385. The van der Waals surface area contributed by atoms with Crippen molar-refractivity contribution in [2.75, 3.05) is 13.1 Å². The van der Waals surface area contributed by atoms with Crippen LogP contribution < -0.4 is 0 Å². The van der Waals surface area contributed by atoms with E-state index in [0.29, 0.717) is 13.0 Å². The number of phenolic OH excluding ortho intramolecular Hbond substituents is 2. The number of carbonyl (C=O) groups excluding carboxylic acids is 1. The number of nitrogens with zero attached hydrogens (tertiary/aromatic N) is 1. The smallest absolute Gasteiger partial charge is 0.311 e. The second-order valence-corrected chi connectivity index (χ2v) is 5.05. The SMILES string of the molecule is CC1(C(=O)O)CCN(C(=O)c2ccc(O)c(O)c2)C1. The fourth-order valence-electron chi connectivity index (χ4n) is 2.15. The highest BCUT2D eigenvalue weighted by Gasteiger charge is 2.42. The summed E-state index contributed by atoms with van der Waals surface area (Å²) < 4.78 is 0. The fourth-order valence-corrected chi connectivity index (χ4v) is 2.15. The van der Waals surface area contributed by atoms with Gasteiger partial charge in [-0.1, -0.05) is 0 Å². The van der Waals surface area contributed by atoms with Gasteiger partial charge in [0.25, 0.3) is 5.91 Å². The zero-order chi connectivity index (χ0) is 14.2. The van der Waals surface area contributed by atoms with E-state index in [0.717, 1.165) is 0 Å². The number of carboxylic acids is 1. The summed E-state index contributed by atoms with van der Waals surface area (Å²) in [4.78, 5) is 24.7. The third kappa shape index (κ3) is 2.33. The van der Waals surface area contributed by atoms with Crippen molar-refractivity contribution in [3.8, 4) is 11.5 Å². The minimum absolute atomic E-state index is 0.142. The Kier molecular flexibility index (Phi) is 3.09. The number of aromatic hydroxyl groups is 2. The largest absolute Gasteiger partial charge is 0.504 e. The average Bonchev–Trinajstić information content (AvgIpc) is 2.76. The Balaban J connectivity index is 2.18. The van der Waals surface area contributed by atoms with E-state index in [1.54, 1.807) is 6.92 Å². The lowest BCUT2D eigenvalue weighted by atomic mass is 9.90. The summed E-state index contributed by atoms with van der Waals surface area (Å²) in [6.45, 7) is 2.11. The second kappa shape index (κ2) is 4.46. The van der Waals surface area contributed by atoms with Gasteiger partial charge in [0.15, 0.2) is 11.5 Å². The van der Waals surface area contributed by atoms with Crippen molar-refractivity contribution in [3.63, 3.8) is 0 Å². The number of phenols is 2. The van der Waals surface area contributed by atoms with Crippen molar-refractivity contribution >= 4 is 11.9 Å². The van der Waals surface area contributed by atoms with Gasteiger partial charge in [-0.15, -0.1) is 0 Å². The molecule has 1 unspecified atom stereocenters. The first-order valence-corrected chi connectivity index (χ1v) is 5.88. The summed E-state index contributed by atoms with van der Waals surface area (Å²) in [5.41, 5.74) is -0.695. The number of carbonyl (C=O) groups is 2. The molecule has 0 spiro atoms. The van der Waals surface area contributed by atoms with Crippen LogP contribution in [0.15, 0.2) is 18.2 Å². The molecule has 1 atom stereocenters. The number of likely N-dealkylation sites (tertiary alicyclic amines) is 1. The molecular weight excluding hydrogens is 250 g/mol. The molecule has 1 aliphatic heterocycles. The third-order valence-corrected chi connectivity index (χ3v) is 3.50. The molecule has 6 heteroatoms. The Morgan fingerprint density at radius 2 is 1.95 bits per heavy atom. The van der Waals surface area contributed by atoms with Crippen LogP contribution in [-0.2, 0) is 4.79 Å². The minimum Gasteiger partial charge on any atom is -0.504 e. The zero-order valence-corrected chi connectivity index (χ0v) is 10.5. The molecule has 0 radical (unpaired) electrons. The predicted octanol–water partition coefficient (Wildman–Crippen LogP) is 1.03. The predicted molar refractivity (Wildman–Crippen MR) is 66.0 cm³/mol. The Morgan fingerprint density at radius 1 is 1.26 bits per heavy atom. The van der Waals surface area contributed by atoms with Gasteiger partial charge in [0.05, 0.1) is 5.41 Å². The number of hydrogen-bond donors (Lipinski definition) is 3. The van der Waals surface area contributed by atoms with Gasteiger partial charge in [0.2, 0.25) is 0 Å². The van der Waals surface area contributed by atoms with E-state index in [4.69, 9.17) is 5.11 Å². The number of amides is 1. The van der Waals surface area contributed by atoms with Crippen molar-refractivity contribution < 1.29 is 24.9 Å². The Bertz CT molecular complexity index is 542. The third-order valence-electron chi connectivity index (χ3n) is 3.50. The summed E-state index contributed by atoms with van der Waals surface area (Å²) >= 11 is 0. The molecule has 1 amide bonds. The number of carboxylic acid groups (broad SMARTS) is 1. The van der Waals surface area contributed by atoms with Crippen LogP contribution in [0.2, 0.25) is 0 Å². The highest BCUT2D eigenvalue weighted by Crippen LogP contribution is 2.32. The molecule has 3 N–H and O–H groups in total. The first kappa shape index (κ1) is 13.2. The van der Waals surface area contributed by atoms with E-state index >= 15 is 0 Å². The summed E-state index contributed by atoms with van der Waals surface area (Å²) in [5, 5.41) is 27.7. The van der Waals surface area contributed by atoms with E-state index in [-0.39, 0.29) is 29.5 Å². The monoisotopic (exact) mass is 265 g/mol. The molecule has 1 heterocycles. The van der Waals surface area contributed by atoms with Crippen LogP contribution in [0.1, 0.15) is 23.7 Å². The molecule has 0 bridgehead atoms. The number of hydrogen-bond acceptors (Lipinski definition) is 4. The van der Waals surface area contributed by atoms with Crippen LogP contribution in [0.25, 0.3) is 0 Å². The second-order valence-electron chi connectivity index (χ2n) is 5.05. The van der Waals surface area contributed by atoms with Crippen LogP contribution in [0.4, 0.5) is 0 Å². The molecule has 0 saturated carbocycles. The van der Waals surface area contributed by atoms with Crippen molar-refractivity contribution in [2.45, 2.75) is 13.3 Å².